The molecule has 0 fully saturated rings. The molecule has 0 spiro atoms. The predicted molar refractivity (Wildman–Crippen MR) is 110 cm³/mol. The third kappa shape index (κ3) is 6.90. The number of carbonyl (C=O) groups is 1. The van der Waals surface area contributed by atoms with Crippen LogP contribution in [0.2, 0.25) is 5.02 Å². The second-order valence-electron chi connectivity index (χ2n) is 5.84. The van der Waals surface area contributed by atoms with Crippen LogP contribution in [0, 0.1) is 6.92 Å². The van der Waals surface area contributed by atoms with Gasteiger partial charge in [0.1, 0.15) is 0 Å². The first-order valence-corrected chi connectivity index (χ1v) is 11.4. The average Bonchev–Trinajstić information content (AvgIpc) is 2.57. The number of nitrogens with one attached hydrogen (secondary N) is 2. The molecule has 5 nitrogen and oxygen atoms in total. The lowest BCUT2D eigenvalue weighted by atomic mass is 10.1. The van der Waals surface area contributed by atoms with Gasteiger partial charge in [-0.1, -0.05) is 29.8 Å². The molecule has 0 saturated carbocycles. The molecule has 0 saturated heterocycles. The fourth-order valence-electron chi connectivity index (χ4n) is 2.18. The van der Waals surface area contributed by atoms with Gasteiger partial charge in [-0.2, -0.15) is 11.8 Å². The van der Waals surface area contributed by atoms with Crippen molar-refractivity contribution in [3.63, 3.8) is 0 Å². The van der Waals surface area contributed by atoms with Crippen LogP contribution in [0.1, 0.15) is 21.5 Å². The van der Waals surface area contributed by atoms with Gasteiger partial charge in [-0.05, 0) is 42.3 Å². The van der Waals surface area contributed by atoms with Gasteiger partial charge >= 0.3 is 0 Å². The van der Waals surface area contributed by atoms with Crippen LogP contribution in [0.5, 0.6) is 0 Å². The Kier molecular flexibility index (Phi) is 7.37. The van der Waals surface area contributed by atoms with Crippen molar-refractivity contribution in [2.45, 2.75) is 12.7 Å². The highest BCUT2D eigenvalue weighted by molar-refractivity contribution is 7.98. The van der Waals surface area contributed by atoms with Gasteiger partial charge in [-0.25, -0.2) is 8.42 Å². The van der Waals surface area contributed by atoms with Crippen LogP contribution in [0.4, 0.5) is 5.69 Å². The summed E-state index contributed by atoms with van der Waals surface area (Å²) in [5.41, 5.74) is 2.77. The maximum absolute atomic E-state index is 12.2. The SMILES string of the molecule is Cc1ccc(C(=O)NCCSCc2ccc(Cl)cc2)cc1NS(C)(=O)=O. The third-order valence-corrected chi connectivity index (χ3v) is 5.38. The fourth-order valence-corrected chi connectivity index (χ4v) is 3.75. The smallest absolute Gasteiger partial charge is 0.251 e. The van der Waals surface area contributed by atoms with Crippen molar-refractivity contribution in [2.24, 2.45) is 0 Å². The summed E-state index contributed by atoms with van der Waals surface area (Å²) in [6.45, 7) is 2.31. The van der Waals surface area contributed by atoms with E-state index in [0.717, 1.165) is 23.3 Å². The van der Waals surface area contributed by atoms with Gasteiger partial charge in [0.05, 0.1) is 11.9 Å². The van der Waals surface area contributed by atoms with Crippen molar-refractivity contribution in [1.29, 1.82) is 0 Å². The lowest BCUT2D eigenvalue weighted by molar-refractivity contribution is 0.0956. The normalized spacial score (nSPS) is 11.2. The van der Waals surface area contributed by atoms with E-state index in [9.17, 15) is 13.2 Å². The Balaban J connectivity index is 1.82. The molecular formula is C18H21ClN2O3S2. The minimum absolute atomic E-state index is 0.228. The zero-order valence-electron chi connectivity index (χ0n) is 14.6. The van der Waals surface area contributed by atoms with E-state index < -0.39 is 10.0 Å². The maximum atomic E-state index is 12.2. The lowest BCUT2D eigenvalue weighted by Gasteiger charge is -2.10. The Bertz CT molecular complexity index is 869. The number of carbonyl (C=O) groups excluding carboxylic acids is 1. The summed E-state index contributed by atoms with van der Waals surface area (Å²) in [4.78, 5) is 12.2. The number of thioether (sulfide) groups is 1. The molecule has 2 rings (SSSR count). The van der Waals surface area contributed by atoms with E-state index in [1.54, 1.807) is 36.9 Å². The van der Waals surface area contributed by atoms with E-state index in [1.807, 2.05) is 24.3 Å². The Morgan fingerprint density at radius 1 is 1.15 bits per heavy atom. The highest BCUT2D eigenvalue weighted by atomic mass is 35.5. The molecule has 2 aromatic carbocycles. The molecule has 140 valence electrons. The number of rotatable bonds is 8. The molecule has 0 radical (unpaired) electrons. The van der Waals surface area contributed by atoms with Crippen LogP contribution in [-0.2, 0) is 15.8 Å². The lowest BCUT2D eigenvalue weighted by Crippen LogP contribution is -2.26. The van der Waals surface area contributed by atoms with Gasteiger partial charge in [0.25, 0.3) is 5.91 Å². The third-order valence-electron chi connectivity index (χ3n) is 3.51. The highest BCUT2D eigenvalue weighted by Crippen LogP contribution is 2.18. The summed E-state index contributed by atoms with van der Waals surface area (Å²) in [6, 6.07) is 12.6. The predicted octanol–water partition coefficient (Wildman–Crippen LogP) is 3.68. The second kappa shape index (κ2) is 9.30. The number of sulfonamides is 1. The molecular weight excluding hydrogens is 392 g/mol. The van der Waals surface area contributed by atoms with E-state index in [2.05, 4.69) is 10.0 Å². The quantitative estimate of drug-likeness (QED) is 0.648. The van der Waals surface area contributed by atoms with E-state index in [0.29, 0.717) is 22.8 Å². The summed E-state index contributed by atoms with van der Waals surface area (Å²) in [5.74, 6) is 1.39. The number of benzene rings is 2. The number of amides is 1. The second-order valence-corrected chi connectivity index (χ2v) is 9.13. The molecule has 2 N–H and O–H groups in total. The average molecular weight is 413 g/mol. The van der Waals surface area contributed by atoms with Crippen molar-refractivity contribution in [1.82, 2.24) is 5.32 Å². The molecule has 0 aliphatic carbocycles. The first-order chi connectivity index (χ1) is 12.2. The topological polar surface area (TPSA) is 75.3 Å². The molecule has 0 aliphatic heterocycles. The van der Waals surface area contributed by atoms with Crippen molar-refractivity contribution in [3.05, 3.63) is 64.2 Å². The summed E-state index contributed by atoms with van der Waals surface area (Å²) in [5, 5.41) is 3.56. The molecule has 0 unspecified atom stereocenters. The van der Waals surface area contributed by atoms with Gasteiger partial charge in [-0.15, -0.1) is 0 Å². The Morgan fingerprint density at radius 3 is 2.50 bits per heavy atom. The van der Waals surface area contributed by atoms with E-state index >= 15 is 0 Å². The number of aryl methyl sites for hydroxylation is 1. The standard InChI is InChI=1S/C18H21ClN2O3S2/c1-13-3-6-15(11-17(13)21-26(2,23)24)18(22)20-9-10-25-12-14-4-7-16(19)8-5-14/h3-8,11,21H,9-10,12H2,1-2H3,(H,20,22). The first-order valence-electron chi connectivity index (χ1n) is 7.93. The van der Waals surface area contributed by atoms with Gasteiger partial charge in [0, 0.05) is 28.6 Å². The van der Waals surface area contributed by atoms with E-state index in [1.165, 1.54) is 5.56 Å². The van der Waals surface area contributed by atoms with Gasteiger partial charge in [0.2, 0.25) is 10.0 Å². The largest absolute Gasteiger partial charge is 0.351 e. The monoisotopic (exact) mass is 412 g/mol. The maximum Gasteiger partial charge on any atom is 0.251 e. The summed E-state index contributed by atoms with van der Waals surface area (Å²) in [7, 11) is -3.39. The number of halogens is 1. The molecule has 0 aromatic heterocycles. The zero-order valence-corrected chi connectivity index (χ0v) is 17.0. The van der Waals surface area contributed by atoms with Crippen molar-refractivity contribution < 1.29 is 13.2 Å². The summed E-state index contributed by atoms with van der Waals surface area (Å²) < 4.78 is 25.2. The van der Waals surface area contributed by atoms with Crippen molar-refractivity contribution in [2.75, 3.05) is 23.3 Å². The van der Waals surface area contributed by atoms with Crippen LogP contribution in [-0.4, -0.2) is 32.9 Å². The Hall–Kier alpha value is -1.70. The van der Waals surface area contributed by atoms with Gasteiger partial charge in [0.15, 0.2) is 0 Å². The summed E-state index contributed by atoms with van der Waals surface area (Å²) >= 11 is 7.57. The minimum Gasteiger partial charge on any atom is -0.351 e. The molecule has 0 atom stereocenters. The molecule has 0 aliphatic rings. The van der Waals surface area contributed by atoms with Gasteiger partial charge < -0.3 is 5.32 Å². The van der Waals surface area contributed by atoms with Crippen molar-refractivity contribution >= 4 is 45.0 Å². The van der Waals surface area contributed by atoms with Crippen LogP contribution in [0.15, 0.2) is 42.5 Å². The molecule has 2 aromatic rings. The molecule has 0 bridgehead atoms. The number of hydrogen-bond donors (Lipinski definition) is 2. The van der Waals surface area contributed by atoms with E-state index in [4.69, 9.17) is 11.6 Å². The molecule has 8 heteroatoms. The van der Waals surface area contributed by atoms with Crippen molar-refractivity contribution in [3.8, 4) is 0 Å². The Morgan fingerprint density at radius 2 is 1.85 bits per heavy atom. The molecule has 1 amide bonds. The first kappa shape index (κ1) is 20.6. The fraction of sp³-hybridized carbons (Fsp3) is 0.278. The van der Waals surface area contributed by atoms with E-state index in [-0.39, 0.29) is 5.91 Å². The highest BCUT2D eigenvalue weighted by Gasteiger charge is 2.10. The van der Waals surface area contributed by atoms with Crippen LogP contribution in [0.25, 0.3) is 0 Å². The van der Waals surface area contributed by atoms with Crippen LogP contribution >= 0.6 is 23.4 Å². The van der Waals surface area contributed by atoms with Crippen LogP contribution < -0.4 is 10.0 Å². The zero-order chi connectivity index (χ0) is 19.2. The minimum atomic E-state index is -3.39. The number of hydrogen-bond acceptors (Lipinski definition) is 4. The molecule has 0 heterocycles. The number of anilines is 1. The Labute approximate surface area is 163 Å². The molecule has 26 heavy (non-hydrogen) atoms. The van der Waals surface area contributed by atoms with Crippen LogP contribution in [0.3, 0.4) is 0 Å². The summed E-state index contributed by atoms with van der Waals surface area (Å²) in [6.07, 6.45) is 1.08. The van der Waals surface area contributed by atoms with Gasteiger partial charge in [-0.3, -0.25) is 9.52 Å².